The molecule has 1 aromatic carbocycles. The number of nitrogens with zero attached hydrogens (tertiary/aromatic N) is 1. The quantitative estimate of drug-likeness (QED) is 0.451. The number of phenolic OH excluding ortho intramolecular Hbond substituents is 1. The van der Waals surface area contributed by atoms with E-state index in [9.17, 15) is 15.2 Å². The van der Waals surface area contributed by atoms with Gasteiger partial charge in [0, 0.05) is 24.9 Å². The maximum absolute atomic E-state index is 10.6. The standard InChI is InChI=1S/C10H14N2O3S/c1-16-5-4-11-7-8-2-3-10(13)9(6-8)12(14)15/h2-3,6,11,13H,4-5,7H2,1H3. The van der Waals surface area contributed by atoms with Crippen LogP contribution in [0.25, 0.3) is 0 Å². The van der Waals surface area contributed by atoms with Crippen LogP contribution >= 0.6 is 11.8 Å². The van der Waals surface area contributed by atoms with Gasteiger partial charge in [0.15, 0.2) is 5.75 Å². The Kier molecular flexibility index (Phi) is 5.07. The minimum absolute atomic E-state index is 0.246. The molecular formula is C10H14N2O3S. The summed E-state index contributed by atoms with van der Waals surface area (Å²) in [5, 5.41) is 23.0. The van der Waals surface area contributed by atoms with Gasteiger partial charge >= 0.3 is 5.69 Å². The van der Waals surface area contributed by atoms with E-state index in [0.717, 1.165) is 17.9 Å². The number of thioether (sulfide) groups is 1. The molecule has 6 heteroatoms. The number of aromatic hydroxyl groups is 1. The van der Waals surface area contributed by atoms with Crippen LogP contribution in [0.5, 0.6) is 5.75 Å². The third-order valence-electron chi connectivity index (χ3n) is 2.05. The fraction of sp³-hybridized carbons (Fsp3) is 0.400. The molecule has 2 N–H and O–H groups in total. The summed E-state index contributed by atoms with van der Waals surface area (Å²) < 4.78 is 0. The summed E-state index contributed by atoms with van der Waals surface area (Å²) in [4.78, 5) is 9.99. The van der Waals surface area contributed by atoms with E-state index in [4.69, 9.17) is 0 Å². The number of nitrogens with one attached hydrogen (secondary N) is 1. The molecule has 88 valence electrons. The lowest BCUT2D eigenvalue weighted by molar-refractivity contribution is -0.385. The SMILES string of the molecule is CSCCNCc1ccc(O)c([N+](=O)[O-])c1. The molecule has 0 aliphatic rings. The smallest absolute Gasteiger partial charge is 0.311 e. The Hall–Kier alpha value is -1.27. The van der Waals surface area contributed by atoms with Crippen LogP contribution in [0.3, 0.4) is 0 Å². The van der Waals surface area contributed by atoms with Gasteiger partial charge in [0.2, 0.25) is 0 Å². The summed E-state index contributed by atoms with van der Waals surface area (Å²) in [6, 6.07) is 4.42. The molecule has 0 spiro atoms. The molecule has 5 nitrogen and oxygen atoms in total. The minimum atomic E-state index is -0.583. The highest BCUT2D eigenvalue weighted by molar-refractivity contribution is 7.98. The zero-order valence-electron chi connectivity index (χ0n) is 8.97. The number of hydrogen-bond donors (Lipinski definition) is 2. The van der Waals surface area contributed by atoms with E-state index in [0.29, 0.717) is 6.54 Å². The predicted molar refractivity (Wildman–Crippen MR) is 64.8 cm³/mol. The number of nitro benzene ring substituents is 1. The molecule has 0 bridgehead atoms. The molecule has 0 atom stereocenters. The zero-order chi connectivity index (χ0) is 12.0. The predicted octanol–water partition coefficient (Wildman–Crippen LogP) is 1.75. The average Bonchev–Trinajstić information content (AvgIpc) is 2.26. The van der Waals surface area contributed by atoms with Crippen molar-refractivity contribution in [2.45, 2.75) is 6.54 Å². The Morgan fingerprint density at radius 1 is 1.56 bits per heavy atom. The lowest BCUT2D eigenvalue weighted by atomic mass is 10.2. The van der Waals surface area contributed by atoms with Gasteiger partial charge in [-0.2, -0.15) is 11.8 Å². The third kappa shape index (κ3) is 3.71. The van der Waals surface area contributed by atoms with Crippen molar-refractivity contribution in [3.63, 3.8) is 0 Å². The lowest BCUT2D eigenvalue weighted by Gasteiger charge is -2.04. The minimum Gasteiger partial charge on any atom is -0.502 e. The maximum Gasteiger partial charge on any atom is 0.311 e. The van der Waals surface area contributed by atoms with Gasteiger partial charge in [-0.25, -0.2) is 0 Å². The van der Waals surface area contributed by atoms with Crippen LogP contribution in [0.15, 0.2) is 18.2 Å². The monoisotopic (exact) mass is 242 g/mol. The van der Waals surface area contributed by atoms with E-state index in [2.05, 4.69) is 5.32 Å². The summed E-state index contributed by atoms with van der Waals surface area (Å²) in [7, 11) is 0. The molecule has 0 unspecified atom stereocenters. The van der Waals surface area contributed by atoms with Crippen LogP contribution in [0.2, 0.25) is 0 Å². The third-order valence-corrected chi connectivity index (χ3v) is 2.66. The van der Waals surface area contributed by atoms with Gasteiger partial charge in [-0.15, -0.1) is 0 Å². The van der Waals surface area contributed by atoms with Gasteiger partial charge in [0.05, 0.1) is 4.92 Å². The van der Waals surface area contributed by atoms with Crippen LogP contribution in [0, 0.1) is 10.1 Å². The van der Waals surface area contributed by atoms with Gasteiger partial charge < -0.3 is 10.4 Å². The average molecular weight is 242 g/mol. The van der Waals surface area contributed by atoms with E-state index in [1.165, 1.54) is 12.1 Å². The summed E-state index contributed by atoms with van der Waals surface area (Å²) in [5.74, 6) is 0.707. The van der Waals surface area contributed by atoms with Crippen LogP contribution < -0.4 is 5.32 Å². The Labute approximate surface area is 98.0 Å². The number of rotatable bonds is 6. The highest BCUT2D eigenvalue weighted by Crippen LogP contribution is 2.26. The topological polar surface area (TPSA) is 75.4 Å². The molecule has 0 saturated carbocycles. The first-order valence-electron chi connectivity index (χ1n) is 4.81. The summed E-state index contributed by atoms with van der Waals surface area (Å²) in [6.07, 6.45) is 2.02. The highest BCUT2D eigenvalue weighted by atomic mass is 32.2. The lowest BCUT2D eigenvalue weighted by Crippen LogP contribution is -2.16. The molecule has 0 radical (unpaired) electrons. The molecule has 0 aliphatic carbocycles. The normalized spacial score (nSPS) is 10.3. The van der Waals surface area contributed by atoms with Crippen molar-refractivity contribution in [3.8, 4) is 5.75 Å². The van der Waals surface area contributed by atoms with Crippen molar-refractivity contribution in [2.75, 3.05) is 18.6 Å². The van der Waals surface area contributed by atoms with Crippen molar-refractivity contribution in [1.29, 1.82) is 0 Å². The maximum atomic E-state index is 10.6. The fourth-order valence-corrected chi connectivity index (χ4v) is 1.58. The van der Waals surface area contributed by atoms with E-state index >= 15 is 0 Å². The van der Waals surface area contributed by atoms with Crippen LogP contribution in [0.1, 0.15) is 5.56 Å². The molecule has 0 aromatic heterocycles. The Morgan fingerprint density at radius 3 is 2.94 bits per heavy atom. The summed E-state index contributed by atoms with van der Waals surface area (Å²) in [6.45, 7) is 1.43. The molecular weight excluding hydrogens is 228 g/mol. The first-order valence-corrected chi connectivity index (χ1v) is 6.20. The van der Waals surface area contributed by atoms with Crippen molar-refractivity contribution >= 4 is 17.4 Å². The first kappa shape index (κ1) is 12.8. The summed E-state index contributed by atoms with van der Waals surface area (Å²) >= 11 is 1.74. The number of benzene rings is 1. The molecule has 1 aromatic rings. The number of hydrogen-bond acceptors (Lipinski definition) is 5. The largest absolute Gasteiger partial charge is 0.502 e. The van der Waals surface area contributed by atoms with Crippen molar-refractivity contribution < 1.29 is 10.0 Å². The molecule has 0 aliphatic heterocycles. The second-order valence-corrected chi connectivity index (χ2v) is 4.24. The van der Waals surface area contributed by atoms with Crippen molar-refractivity contribution in [1.82, 2.24) is 5.32 Å². The van der Waals surface area contributed by atoms with E-state index < -0.39 is 4.92 Å². The molecule has 0 heterocycles. The number of phenols is 1. The van der Waals surface area contributed by atoms with Gasteiger partial charge in [-0.05, 0) is 17.9 Å². The highest BCUT2D eigenvalue weighted by Gasteiger charge is 2.12. The van der Waals surface area contributed by atoms with Gasteiger partial charge in [-0.3, -0.25) is 10.1 Å². The second kappa shape index (κ2) is 6.34. The summed E-state index contributed by atoms with van der Waals surface area (Å²) in [5.41, 5.74) is 0.551. The van der Waals surface area contributed by atoms with E-state index in [1.54, 1.807) is 17.8 Å². The van der Waals surface area contributed by atoms with Gasteiger partial charge in [0.25, 0.3) is 0 Å². The van der Waals surface area contributed by atoms with Gasteiger partial charge in [-0.1, -0.05) is 6.07 Å². The second-order valence-electron chi connectivity index (χ2n) is 3.25. The molecule has 0 fully saturated rings. The van der Waals surface area contributed by atoms with Crippen LogP contribution in [0.4, 0.5) is 5.69 Å². The molecule has 16 heavy (non-hydrogen) atoms. The Bertz CT molecular complexity index is 371. The van der Waals surface area contributed by atoms with E-state index in [1.807, 2.05) is 6.26 Å². The van der Waals surface area contributed by atoms with Crippen molar-refractivity contribution in [2.24, 2.45) is 0 Å². The van der Waals surface area contributed by atoms with E-state index in [-0.39, 0.29) is 11.4 Å². The van der Waals surface area contributed by atoms with Crippen molar-refractivity contribution in [3.05, 3.63) is 33.9 Å². The number of nitro groups is 1. The molecule has 0 saturated heterocycles. The molecule has 0 amide bonds. The van der Waals surface area contributed by atoms with Gasteiger partial charge in [0.1, 0.15) is 0 Å². The van der Waals surface area contributed by atoms with Crippen LogP contribution in [-0.4, -0.2) is 28.6 Å². The van der Waals surface area contributed by atoms with Crippen LogP contribution in [-0.2, 0) is 6.54 Å². The zero-order valence-corrected chi connectivity index (χ0v) is 9.79. The molecule has 1 rings (SSSR count). The first-order chi connectivity index (χ1) is 7.65. The Morgan fingerprint density at radius 2 is 2.31 bits per heavy atom. The fourth-order valence-electron chi connectivity index (χ4n) is 1.23. The Balaban J connectivity index is 2.61.